The topological polar surface area (TPSA) is 93.2 Å². The molecule has 18 heavy (non-hydrogen) atoms. The summed E-state index contributed by atoms with van der Waals surface area (Å²) in [5, 5.41) is 2.98. The molecule has 2 aromatic rings. The second kappa shape index (κ2) is 4.71. The summed E-state index contributed by atoms with van der Waals surface area (Å²) in [5.74, 6) is -0.146. The van der Waals surface area contributed by atoms with Crippen LogP contribution in [0.1, 0.15) is 0 Å². The van der Waals surface area contributed by atoms with E-state index >= 15 is 0 Å². The third-order valence-corrected chi connectivity index (χ3v) is 2.91. The first-order valence-corrected chi connectivity index (χ1v) is 5.58. The van der Waals surface area contributed by atoms with E-state index in [-0.39, 0.29) is 10.6 Å². The number of anilines is 1. The lowest BCUT2D eigenvalue weighted by molar-refractivity contribution is 0.949. The molecular weight excluding hydrogens is 276 g/mol. The summed E-state index contributed by atoms with van der Waals surface area (Å²) in [6.45, 7) is 0. The molecule has 1 aromatic heterocycles. The van der Waals surface area contributed by atoms with E-state index in [1.54, 1.807) is 24.3 Å². The van der Waals surface area contributed by atoms with Gasteiger partial charge in [0.1, 0.15) is 5.82 Å². The Kier molecular flexibility index (Phi) is 3.26. The van der Waals surface area contributed by atoms with Gasteiger partial charge in [0.2, 0.25) is 5.69 Å². The highest BCUT2D eigenvalue weighted by Crippen LogP contribution is 2.25. The molecule has 8 heteroatoms. The van der Waals surface area contributed by atoms with Gasteiger partial charge in [0.25, 0.3) is 5.56 Å². The van der Waals surface area contributed by atoms with Crippen LogP contribution in [0.2, 0.25) is 5.02 Å². The van der Waals surface area contributed by atoms with Gasteiger partial charge in [-0.05, 0) is 29.5 Å². The number of nitrogens with zero attached hydrogens (tertiary/aromatic N) is 2. The Morgan fingerprint density at radius 2 is 2.06 bits per heavy atom. The quantitative estimate of drug-likeness (QED) is 0.654. The Morgan fingerprint density at radius 1 is 1.39 bits per heavy atom. The average molecular weight is 283 g/mol. The predicted octanol–water partition coefficient (Wildman–Crippen LogP) is 2.53. The molecule has 92 valence electrons. The zero-order chi connectivity index (χ0) is 13.3. The van der Waals surface area contributed by atoms with E-state index in [2.05, 4.69) is 10.2 Å². The van der Waals surface area contributed by atoms with Crippen LogP contribution >= 0.6 is 23.8 Å². The van der Waals surface area contributed by atoms with Crippen molar-refractivity contribution in [3.05, 3.63) is 49.3 Å². The predicted molar refractivity (Wildman–Crippen MR) is 72.1 cm³/mol. The molecule has 0 saturated carbocycles. The van der Waals surface area contributed by atoms with Crippen molar-refractivity contribution in [2.45, 2.75) is 0 Å². The lowest BCUT2D eigenvalue weighted by Gasteiger charge is -2.12. The SMILES string of the molecule is Nc1c(N=O)c(=O)[nH]c(=S)n1-c1ccccc1Cl. The van der Waals surface area contributed by atoms with E-state index in [1.165, 1.54) is 4.57 Å². The average Bonchev–Trinajstić information content (AvgIpc) is 2.31. The van der Waals surface area contributed by atoms with Gasteiger partial charge in [0.05, 0.1) is 10.7 Å². The molecule has 0 unspecified atom stereocenters. The molecule has 0 aliphatic rings. The maximum absolute atomic E-state index is 11.4. The van der Waals surface area contributed by atoms with Gasteiger partial charge in [-0.3, -0.25) is 14.3 Å². The Hall–Kier alpha value is -1.99. The van der Waals surface area contributed by atoms with Crippen LogP contribution in [0.25, 0.3) is 5.69 Å². The number of hydrogen-bond acceptors (Lipinski definition) is 5. The van der Waals surface area contributed by atoms with Crippen LogP contribution in [-0.2, 0) is 0 Å². The fourth-order valence-electron chi connectivity index (χ4n) is 1.50. The van der Waals surface area contributed by atoms with E-state index < -0.39 is 11.2 Å². The monoisotopic (exact) mass is 282 g/mol. The highest BCUT2D eigenvalue weighted by atomic mass is 35.5. The van der Waals surface area contributed by atoms with Crippen molar-refractivity contribution in [2.75, 3.05) is 5.73 Å². The summed E-state index contributed by atoms with van der Waals surface area (Å²) >= 11 is 11.0. The van der Waals surface area contributed by atoms with Crippen LogP contribution < -0.4 is 11.3 Å². The minimum atomic E-state index is -0.726. The van der Waals surface area contributed by atoms with Gasteiger partial charge in [-0.1, -0.05) is 23.7 Å². The molecule has 0 bridgehead atoms. The van der Waals surface area contributed by atoms with Gasteiger partial charge in [-0.25, -0.2) is 0 Å². The summed E-state index contributed by atoms with van der Waals surface area (Å²) in [7, 11) is 0. The van der Waals surface area contributed by atoms with Crippen LogP contribution in [0, 0.1) is 9.68 Å². The maximum Gasteiger partial charge on any atom is 0.283 e. The van der Waals surface area contributed by atoms with Crippen LogP contribution in [0.3, 0.4) is 0 Å². The summed E-state index contributed by atoms with van der Waals surface area (Å²) in [6.07, 6.45) is 0. The summed E-state index contributed by atoms with van der Waals surface area (Å²) in [4.78, 5) is 24.3. The van der Waals surface area contributed by atoms with E-state index in [0.717, 1.165) is 0 Å². The summed E-state index contributed by atoms with van der Waals surface area (Å²) in [5.41, 5.74) is 5.03. The highest BCUT2D eigenvalue weighted by molar-refractivity contribution is 7.71. The molecule has 0 fully saturated rings. The van der Waals surface area contributed by atoms with Crippen molar-refractivity contribution in [2.24, 2.45) is 5.18 Å². The van der Waals surface area contributed by atoms with E-state index in [0.29, 0.717) is 10.7 Å². The molecule has 0 saturated heterocycles. The lowest BCUT2D eigenvalue weighted by atomic mass is 10.3. The minimum absolute atomic E-state index is 0.0398. The molecule has 3 N–H and O–H groups in total. The third-order valence-electron chi connectivity index (χ3n) is 2.31. The van der Waals surface area contributed by atoms with Gasteiger partial charge < -0.3 is 5.73 Å². The van der Waals surface area contributed by atoms with Gasteiger partial charge in [-0.2, -0.15) is 0 Å². The first-order valence-electron chi connectivity index (χ1n) is 4.79. The van der Waals surface area contributed by atoms with E-state index in [1.807, 2.05) is 0 Å². The van der Waals surface area contributed by atoms with Crippen molar-refractivity contribution in [1.82, 2.24) is 9.55 Å². The van der Waals surface area contributed by atoms with Crippen molar-refractivity contribution >= 4 is 35.3 Å². The van der Waals surface area contributed by atoms with Crippen LogP contribution in [0.4, 0.5) is 11.5 Å². The standard InChI is InChI=1S/C10H7ClN4O2S/c11-5-3-1-2-4-6(5)15-8(12)7(14-17)9(16)13-10(15)18/h1-4H,12H2,(H,13,16,18). The third kappa shape index (κ3) is 1.93. The number of nitroso groups, excluding NO2 is 1. The Balaban J connectivity index is 2.89. The Bertz CT molecular complexity index is 737. The minimum Gasteiger partial charge on any atom is -0.383 e. The number of nitrogens with one attached hydrogen (secondary N) is 1. The number of aromatic nitrogens is 2. The molecule has 0 aliphatic carbocycles. The molecule has 6 nitrogen and oxygen atoms in total. The van der Waals surface area contributed by atoms with Crippen molar-refractivity contribution in [3.63, 3.8) is 0 Å². The fraction of sp³-hybridized carbons (Fsp3) is 0. The second-order valence-electron chi connectivity index (χ2n) is 3.37. The lowest BCUT2D eigenvalue weighted by Crippen LogP contribution is -2.16. The molecule has 0 radical (unpaired) electrons. The number of hydrogen-bond donors (Lipinski definition) is 2. The van der Waals surface area contributed by atoms with E-state index in [9.17, 15) is 9.70 Å². The normalized spacial score (nSPS) is 10.3. The number of rotatable bonds is 2. The molecule has 2 rings (SSSR count). The van der Waals surface area contributed by atoms with E-state index in [4.69, 9.17) is 29.6 Å². The fourth-order valence-corrected chi connectivity index (χ4v) is 2.01. The highest BCUT2D eigenvalue weighted by Gasteiger charge is 2.14. The smallest absolute Gasteiger partial charge is 0.283 e. The molecule has 1 aromatic carbocycles. The summed E-state index contributed by atoms with van der Waals surface area (Å²) < 4.78 is 1.33. The number of H-pyrrole nitrogens is 1. The van der Waals surface area contributed by atoms with Gasteiger partial charge in [0, 0.05) is 0 Å². The van der Waals surface area contributed by atoms with Gasteiger partial charge in [-0.15, -0.1) is 4.91 Å². The number of para-hydroxylation sites is 1. The number of nitrogen functional groups attached to an aromatic ring is 1. The van der Waals surface area contributed by atoms with Gasteiger partial charge >= 0.3 is 0 Å². The number of nitrogens with two attached hydrogens (primary N) is 1. The van der Waals surface area contributed by atoms with Crippen LogP contribution in [0.5, 0.6) is 0 Å². The number of aromatic amines is 1. The first-order chi connectivity index (χ1) is 8.56. The van der Waals surface area contributed by atoms with Crippen LogP contribution in [0.15, 0.2) is 34.2 Å². The molecule has 0 amide bonds. The number of benzene rings is 1. The molecule has 1 heterocycles. The molecule has 0 aliphatic heterocycles. The van der Waals surface area contributed by atoms with Crippen molar-refractivity contribution < 1.29 is 0 Å². The van der Waals surface area contributed by atoms with Gasteiger partial charge in [0.15, 0.2) is 4.77 Å². The zero-order valence-electron chi connectivity index (χ0n) is 8.88. The Labute approximate surface area is 111 Å². The molecule has 0 spiro atoms. The number of halogens is 1. The summed E-state index contributed by atoms with van der Waals surface area (Å²) in [6, 6.07) is 6.75. The molecule has 0 atom stereocenters. The Morgan fingerprint density at radius 3 is 2.67 bits per heavy atom. The van der Waals surface area contributed by atoms with Crippen molar-refractivity contribution in [3.8, 4) is 5.69 Å². The zero-order valence-corrected chi connectivity index (χ0v) is 10.5. The van der Waals surface area contributed by atoms with Crippen molar-refractivity contribution in [1.29, 1.82) is 0 Å². The largest absolute Gasteiger partial charge is 0.383 e. The second-order valence-corrected chi connectivity index (χ2v) is 4.17. The molecular formula is C10H7ClN4O2S. The maximum atomic E-state index is 11.4. The first kappa shape index (κ1) is 12.5. The van der Waals surface area contributed by atoms with Crippen LogP contribution in [-0.4, -0.2) is 9.55 Å².